The van der Waals surface area contributed by atoms with Gasteiger partial charge in [0, 0.05) is 4.47 Å². The minimum atomic E-state index is 0.499. The van der Waals surface area contributed by atoms with Gasteiger partial charge in [0.25, 0.3) is 0 Å². The van der Waals surface area contributed by atoms with Crippen LogP contribution in [0.1, 0.15) is 35.1 Å². The molecule has 1 atom stereocenters. The van der Waals surface area contributed by atoms with Crippen molar-refractivity contribution < 1.29 is 5.11 Å². The monoisotopic (exact) mass is 311 g/mol. The highest BCUT2D eigenvalue weighted by molar-refractivity contribution is 9.10. The summed E-state index contributed by atoms with van der Waals surface area (Å²) in [5, 5.41) is 13.8. The Morgan fingerprint density at radius 1 is 1.22 bits per heavy atom. The molecule has 3 heteroatoms. The van der Waals surface area contributed by atoms with Crippen LogP contribution in [-0.4, -0.2) is 18.2 Å². The highest BCUT2D eigenvalue weighted by atomic mass is 79.9. The van der Waals surface area contributed by atoms with E-state index in [1.165, 1.54) is 18.4 Å². The Balaban J connectivity index is 2.32. The molecule has 2 N–H and O–H groups in total. The molecule has 0 radical (unpaired) electrons. The number of rotatable bonds is 2. The van der Waals surface area contributed by atoms with E-state index in [0.717, 1.165) is 40.7 Å². The fourth-order valence-corrected chi connectivity index (χ4v) is 3.33. The van der Waals surface area contributed by atoms with E-state index in [9.17, 15) is 5.11 Å². The Hall–Kier alpha value is -0.540. The van der Waals surface area contributed by atoms with Crippen molar-refractivity contribution in [1.82, 2.24) is 5.32 Å². The third-order valence-corrected chi connectivity index (χ3v) is 5.40. The third-order valence-electron chi connectivity index (χ3n) is 4.21. The molecule has 1 unspecified atom stereocenters. The molecular formula is C15H22BrNO. The summed E-state index contributed by atoms with van der Waals surface area (Å²) in [6.07, 6.45) is 3.48. The molecule has 0 aromatic heterocycles. The van der Waals surface area contributed by atoms with E-state index in [4.69, 9.17) is 0 Å². The van der Waals surface area contributed by atoms with Crippen molar-refractivity contribution in [3.63, 3.8) is 0 Å². The van der Waals surface area contributed by atoms with Gasteiger partial charge in [-0.25, -0.2) is 0 Å². The average Bonchev–Trinajstić information content (AvgIpc) is 2.40. The molecule has 1 fully saturated rings. The van der Waals surface area contributed by atoms with Crippen molar-refractivity contribution in [1.29, 1.82) is 0 Å². The lowest BCUT2D eigenvalue weighted by atomic mass is 9.88. The molecule has 1 aliphatic rings. The fourth-order valence-electron chi connectivity index (χ4n) is 2.80. The van der Waals surface area contributed by atoms with Crippen molar-refractivity contribution >= 4 is 15.9 Å². The maximum absolute atomic E-state index is 10.4. The number of hydrogen-bond acceptors (Lipinski definition) is 2. The second kappa shape index (κ2) is 5.62. The van der Waals surface area contributed by atoms with Crippen molar-refractivity contribution in [2.45, 2.75) is 40.0 Å². The van der Waals surface area contributed by atoms with Crippen molar-refractivity contribution in [2.24, 2.45) is 5.92 Å². The number of benzene rings is 1. The average molecular weight is 312 g/mol. The predicted octanol–water partition coefficient (Wildman–Crippen LogP) is 3.62. The van der Waals surface area contributed by atoms with Gasteiger partial charge >= 0.3 is 0 Å². The van der Waals surface area contributed by atoms with E-state index in [2.05, 4.69) is 35.1 Å². The molecule has 1 heterocycles. The quantitative estimate of drug-likeness (QED) is 0.874. The molecular weight excluding hydrogens is 290 g/mol. The molecule has 0 aliphatic carbocycles. The maximum atomic E-state index is 10.4. The topological polar surface area (TPSA) is 32.3 Å². The molecule has 0 bridgehead atoms. The first-order valence-electron chi connectivity index (χ1n) is 6.70. The highest BCUT2D eigenvalue weighted by Crippen LogP contribution is 2.37. The van der Waals surface area contributed by atoms with Crippen LogP contribution in [0.3, 0.4) is 0 Å². The van der Waals surface area contributed by atoms with Crippen LogP contribution in [0.25, 0.3) is 0 Å². The molecule has 2 nitrogen and oxygen atoms in total. The van der Waals surface area contributed by atoms with E-state index < -0.39 is 0 Å². The second-order valence-corrected chi connectivity index (χ2v) is 6.23. The summed E-state index contributed by atoms with van der Waals surface area (Å²) in [6, 6.07) is 0. The zero-order valence-corrected chi connectivity index (χ0v) is 13.0. The van der Waals surface area contributed by atoms with Crippen LogP contribution in [0, 0.1) is 26.7 Å². The summed E-state index contributed by atoms with van der Waals surface area (Å²) < 4.78 is 1.15. The number of aromatic hydroxyl groups is 1. The van der Waals surface area contributed by atoms with E-state index >= 15 is 0 Å². The summed E-state index contributed by atoms with van der Waals surface area (Å²) >= 11 is 3.65. The van der Waals surface area contributed by atoms with Crippen LogP contribution in [-0.2, 0) is 6.42 Å². The van der Waals surface area contributed by atoms with Crippen LogP contribution in [0.15, 0.2) is 4.47 Å². The first-order valence-corrected chi connectivity index (χ1v) is 7.49. The molecule has 1 aromatic rings. The smallest absolute Gasteiger partial charge is 0.122 e. The first kappa shape index (κ1) is 13.9. The van der Waals surface area contributed by atoms with Gasteiger partial charge in [-0.05, 0) is 81.3 Å². The van der Waals surface area contributed by atoms with E-state index in [0.29, 0.717) is 11.7 Å². The van der Waals surface area contributed by atoms with Crippen LogP contribution < -0.4 is 5.32 Å². The zero-order valence-electron chi connectivity index (χ0n) is 11.4. The predicted molar refractivity (Wildman–Crippen MR) is 79.3 cm³/mol. The minimum absolute atomic E-state index is 0.499. The molecule has 0 spiro atoms. The fraction of sp³-hybridized carbons (Fsp3) is 0.600. The summed E-state index contributed by atoms with van der Waals surface area (Å²) in [7, 11) is 0. The molecule has 2 rings (SSSR count). The first-order chi connectivity index (χ1) is 8.52. The Morgan fingerprint density at radius 2 is 1.94 bits per heavy atom. The number of piperidine rings is 1. The summed E-state index contributed by atoms with van der Waals surface area (Å²) in [6.45, 7) is 8.36. The Labute approximate surface area is 118 Å². The normalized spacial score (nSPS) is 20.1. The number of phenolic OH excluding ortho intramolecular Hbond substituents is 1. The van der Waals surface area contributed by atoms with Gasteiger partial charge in [-0.2, -0.15) is 0 Å². The number of nitrogens with one attached hydrogen (secondary N) is 1. The molecule has 0 amide bonds. The number of hydrogen-bond donors (Lipinski definition) is 2. The molecule has 1 aliphatic heterocycles. The van der Waals surface area contributed by atoms with Crippen LogP contribution in [0.2, 0.25) is 0 Å². The third kappa shape index (κ3) is 2.57. The van der Waals surface area contributed by atoms with Gasteiger partial charge in [-0.3, -0.25) is 0 Å². The van der Waals surface area contributed by atoms with Crippen LogP contribution >= 0.6 is 15.9 Å². The largest absolute Gasteiger partial charge is 0.507 e. The Morgan fingerprint density at radius 3 is 2.56 bits per heavy atom. The SMILES string of the molecule is Cc1c(C)c(Br)c(C)c(CC2CCCNC2)c1O. The van der Waals surface area contributed by atoms with Gasteiger partial charge in [0.05, 0.1) is 0 Å². The zero-order chi connectivity index (χ0) is 13.3. The van der Waals surface area contributed by atoms with E-state index in [1.807, 2.05) is 6.92 Å². The molecule has 18 heavy (non-hydrogen) atoms. The molecule has 1 saturated heterocycles. The molecule has 100 valence electrons. The van der Waals surface area contributed by atoms with E-state index in [1.54, 1.807) is 0 Å². The van der Waals surface area contributed by atoms with Crippen LogP contribution in [0.5, 0.6) is 5.75 Å². The summed E-state index contributed by atoms with van der Waals surface area (Å²) in [5.41, 5.74) is 4.47. The lowest BCUT2D eigenvalue weighted by molar-refractivity contribution is 0.368. The van der Waals surface area contributed by atoms with Crippen molar-refractivity contribution in [3.05, 3.63) is 26.7 Å². The van der Waals surface area contributed by atoms with Crippen molar-refractivity contribution in [3.8, 4) is 5.75 Å². The number of halogens is 1. The van der Waals surface area contributed by atoms with Gasteiger partial charge in [0.15, 0.2) is 0 Å². The van der Waals surface area contributed by atoms with Gasteiger partial charge in [-0.1, -0.05) is 15.9 Å². The van der Waals surface area contributed by atoms with Crippen molar-refractivity contribution in [2.75, 3.05) is 13.1 Å². The van der Waals surface area contributed by atoms with Gasteiger partial charge in [0.2, 0.25) is 0 Å². The second-order valence-electron chi connectivity index (χ2n) is 5.43. The highest BCUT2D eigenvalue weighted by Gasteiger charge is 2.20. The van der Waals surface area contributed by atoms with Gasteiger partial charge < -0.3 is 10.4 Å². The minimum Gasteiger partial charge on any atom is -0.507 e. The van der Waals surface area contributed by atoms with Crippen LogP contribution in [0.4, 0.5) is 0 Å². The van der Waals surface area contributed by atoms with E-state index in [-0.39, 0.29) is 0 Å². The Bertz CT molecular complexity index is 421. The van der Waals surface area contributed by atoms with Gasteiger partial charge in [0.1, 0.15) is 5.75 Å². The number of phenols is 1. The maximum Gasteiger partial charge on any atom is 0.122 e. The Kier molecular flexibility index (Phi) is 4.33. The lowest BCUT2D eigenvalue weighted by Crippen LogP contribution is -2.31. The summed E-state index contributed by atoms with van der Waals surface area (Å²) in [4.78, 5) is 0. The molecule has 0 saturated carbocycles. The summed E-state index contributed by atoms with van der Waals surface area (Å²) in [5.74, 6) is 1.15. The lowest BCUT2D eigenvalue weighted by Gasteiger charge is -2.25. The molecule has 1 aromatic carbocycles. The van der Waals surface area contributed by atoms with Gasteiger partial charge in [-0.15, -0.1) is 0 Å². The standard InChI is InChI=1S/C15H22BrNO/c1-9-10(2)15(18)13(11(3)14(9)16)7-12-5-4-6-17-8-12/h12,17-18H,4-8H2,1-3H3.